The molecule has 2 aliphatic rings. The molecule has 0 aliphatic heterocycles. The van der Waals surface area contributed by atoms with Crippen molar-refractivity contribution >= 4 is 28.9 Å². The normalized spacial score (nSPS) is 25.6. The van der Waals surface area contributed by atoms with E-state index in [1.165, 1.54) is 44.1 Å². The van der Waals surface area contributed by atoms with Gasteiger partial charge >= 0.3 is 0 Å². The highest BCUT2D eigenvalue weighted by Gasteiger charge is 2.42. The third kappa shape index (κ3) is 4.19. The van der Waals surface area contributed by atoms with Crippen molar-refractivity contribution in [1.29, 1.82) is 0 Å². The van der Waals surface area contributed by atoms with Crippen LogP contribution in [0.3, 0.4) is 0 Å². The SMILES string of the molecule is CCCCNC(=S)N(Cc1ccc(Cl)cc1)C1CC2CCC1C2. The van der Waals surface area contributed by atoms with Gasteiger partial charge in [-0.2, -0.15) is 0 Å². The first kappa shape index (κ1) is 17.0. The summed E-state index contributed by atoms with van der Waals surface area (Å²) in [5.74, 6) is 1.76. The second kappa shape index (κ2) is 7.85. The third-order valence-electron chi connectivity index (χ3n) is 5.43. The van der Waals surface area contributed by atoms with Crippen LogP contribution in [0.4, 0.5) is 0 Å². The molecule has 3 atom stereocenters. The van der Waals surface area contributed by atoms with Crippen LogP contribution in [0.15, 0.2) is 24.3 Å². The quantitative estimate of drug-likeness (QED) is 0.573. The molecule has 1 aromatic rings. The van der Waals surface area contributed by atoms with Crippen molar-refractivity contribution in [2.75, 3.05) is 6.54 Å². The van der Waals surface area contributed by atoms with Crippen molar-refractivity contribution in [3.63, 3.8) is 0 Å². The summed E-state index contributed by atoms with van der Waals surface area (Å²) in [4.78, 5) is 2.46. The lowest BCUT2D eigenvalue weighted by molar-refractivity contribution is 0.217. The highest BCUT2D eigenvalue weighted by molar-refractivity contribution is 7.80. The monoisotopic (exact) mass is 350 g/mol. The summed E-state index contributed by atoms with van der Waals surface area (Å²) in [6.07, 6.45) is 7.88. The van der Waals surface area contributed by atoms with Crippen LogP contribution in [0.25, 0.3) is 0 Å². The summed E-state index contributed by atoms with van der Waals surface area (Å²) in [5.41, 5.74) is 1.29. The molecule has 3 rings (SSSR count). The van der Waals surface area contributed by atoms with Crippen molar-refractivity contribution in [2.45, 2.75) is 58.0 Å². The fraction of sp³-hybridized carbons (Fsp3) is 0.632. The average Bonchev–Trinajstić information content (AvgIpc) is 3.17. The Balaban J connectivity index is 1.70. The lowest BCUT2D eigenvalue weighted by Crippen LogP contribution is -2.47. The van der Waals surface area contributed by atoms with Crippen molar-refractivity contribution in [1.82, 2.24) is 10.2 Å². The van der Waals surface area contributed by atoms with Gasteiger partial charge in [-0.25, -0.2) is 0 Å². The molecule has 0 aromatic heterocycles. The first-order chi connectivity index (χ1) is 11.2. The number of halogens is 1. The standard InChI is InChI=1S/C19H27ClN2S/c1-2-3-10-21-19(23)22(13-14-5-8-17(20)9-6-14)18-12-15-4-7-16(18)11-15/h5-6,8-9,15-16,18H,2-4,7,10-13H2,1H3,(H,21,23). The van der Waals surface area contributed by atoms with E-state index in [0.29, 0.717) is 6.04 Å². The predicted octanol–water partition coefficient (Wildman–Crippen LogP) is 5.01. The minimum atomic E-state index is 0.617. The zero-order valence-electron chi connectivity index (χ0n) is 13.9. The zero-order valence-corrected chi connectivity index (χ0v) is 15.5. The van der Waals surface area contributed by atoms with Gasteiger partial charge in [-0.1, -0.05) is 43.5 Å². The number of rotatable bonds is 6. The molecule has 0 amide bonds. The molecule has 0 radical (unpaired) electrons. The van der Waals surface area contributed by atoms with Crippen LogP contribution in [-0.2, 0) is 6.54 Å². The Morgan fingerprint density at radius 3 is 2.65 bits per heavy atom. The Morgan fingerprint density at radius 2 is 2.04 bits per heavy atom. The van der Waals surface area contributed by atoms with Crippen LogP contribution >= 0.6 is 23.8 Å². The Morgan fingerprint density at radius 1 is 1.26 bits per heavy atom. The van der Waals surface area contributed by atoms with Gasteiger partial charge in [0, 0.05) is 24.2 Å². The maximum Gasteiger partial charge on any atom is 0.169 e. The van der Waals surface area contributed by atoms with Crippen LogP contribution in [0.5, 0.6) is 0 Å². The van der Waals surface area contributed by atoms with Gasteiger partial charge in [0.1, 0.15) is 0 Å². The van der Waals surface area contributed by atoms with Gasteiger partial charge in [0.05, 0.1) is 0 Å². The molecule has 126 valence electrons. The van der Waals surface area contributed by atoms with Gasteiger partial charge < -0.3 is 10.2 Å². The molecule has 3 unspecified atom stereocenters. The van der Waals surface area contributed by atoms with E-state index in [1.54, 1.807) is 0 Å². The summed E-state index contributed by atoms with van der Waals surface area (Å²) in [6.45, 7) is 4.09. The van der Waals surface area contributed by atoms with E-state index in [0.717, 1.165) is 35.1 Å². The second-order valence-corrected chi connectivity index (χ2v) is 7.91. The number of nitrogens with one attached hydrogen (secondary N) is 1. The third-order valence-corrected chi connectivity index (χ3v) is 6.07. The summed E-state index contributed by atoms with van der Waals surface area (Å²) < 4.78 is 0. The fourth-order valence-corrected chi connectivity index (χ4v) is 4.62. The van der Waals surface area contributed by atoms with Crippen LogP contribution in [0.2, 0.25) is 5.02 Å². The number of fused-ring (bicyclic) bond motifs is 2. The van der Waals surface area contributed by atoms with E-state index in [9.17, 15) is 0 Å². The highest BCUT2D eigenvalue weighted by Crippen LogP contribution is 2.47. The van der Waals surface area contributed by atoms with Gasteiger partial charge in [-0.05, 0) is 67.4 Å². The topological polar surface area (TPSA) is 15.3 Å². The van der Waals surface area contributed by atoms with Gasteiger partial charge in [0.15, 0.2) is 5.11 Å². The lowest BCUT2D eigenvalue weighted by Gasteiger charge is -2.37. The Kier molecular flexibility index (Phi) is 5.81. The van der Waals surface area contributed by atoms with Crippen LogP contribution in [0, 0.1) is 11.8 Å². The van der Waals surface area contributed by atoms with E-state index in [-0.39, 0.29) is 0 Å². The van der Waals surface area contributed by atoms with Crippen LogP contribution < -0.4 is 5.32 Å². The second-order valence-electron chi connectivity index (χ2n) is 7.08. The van der Waals surface area contributed by atoms with E-state index >= 15 is 0 Å². The molecule has 2 bridgehead atoms. The molecule has 2 nitrogen and oxygen atoms in total. The minimum absolute atomic E-state index is 0.617. The molecule has 2 saturated carbocycles. The first-order valence-electron chi connectivity index (χ1n) is 8.96. The largest absolute Gasteiger partial charge is 0.363 e. The summed E-state index contributed by atoms with van der Waals surface area (Å²) >= 11 is 11.8. The molecular formula is C19H27ClN2S. The fourth-order valence-electron chi connectivity index (χ4n) is 4.19. The zero-order chi connectivity index (χ0) is 16.2. The van der Waals surface area contributed by atoms with E-state index in [4.69, 9.17) is 23.8 Å². The molecule has 23 heavy (non-hydrogen) atoms. The van der Waals surface area contributed by atoms with Crippen molar-refractivity contribution in [2.24, 2.45) is 11.8 Å². The lowest BCUT2D eigenvalue weighted by atomic mass is 9.94. The Labute approximate surface area is 150 Å². The Bertz CT molecular complexity index is 531. The predicted molar refractivity (Wildman–Crippen MR) is 102 cm³/mol. The Hall–Kier alpha value is -0.800. The number of nitrogens with zero attached hydrogens (tertiary/aromatic N) is 1. The van der Waals surface area contributed by atoms with Gasteiger partial charge in [0.25, 0.3) is 0 Å². The molecular weight excluding hydrogens is 324 g/mol. The summed E-state index contributed by atoms with van der Waals surface area (Å²) in [6, 6.07) is 8.81. The van der Waals surface area contributed by atoms with Crippen molar-refractivity contribution in [3.05, 3.63) is 34.9 Å². The van der Waals surface area contributed by atoms with Crippen LogP contribution in [0.1, 0.15) is 51.0 Å². The average molecular weight is 351 g/mol. The molecule has 0 heterocycles. The first-order valence-corrected chi connectivity index (χ1v) is 9.75. The number of thiocarbonyl (C=S) groups is 1. The molecule has 2 aliphatic carbocycles. The number of benzene rings is 1. The number of unbranched alkanes of at least 4 members (excludes halogenated alkanes) is 1. The van der Waals surface area contributed by atoms with Gasteiger partial charge in [-0.3, -0.25) is 0 Å². The molecule has 0 spiro atoms. The maximum atomic E-state index is 6.02. The highest BCUT2D eigenvalue weighted by atomic mass is 35.5. The summed E-state index contributed by atoms with van der Waals surface area (Å²) in [7, 11) is 0. The molecule has 2 fully saturated rings. The van der Waals surface area contributed by atoms with E-state index < -0.39 is 0 Å². The minimum Gasteiger partial charge on any atom is -0.363 e. The maximum absolute atomic E-state index is 6.02. The van der Waals surface area contributed by atoms with Gasteiger partial charge in [-0.15, -0.1) is 0 Å². The number of hydrogen-bond acceptors (Lipinski definition) is 1. The van der Waals surface area contributed by atoms with E-state index in [1.807, 2.05) is 12.1 Å². The van der Waals surface area contributed by atoms with Crippen molar-refractivity contribution in [3.8, 4) is 0 Å². The summed E-state index contributed by atoms with van der Waals surface area (Å²) in [5, 5.41) is 5.21. The van der Waals surface area contributed by atoms with E-state index in [2.05, 4.69) is 29.3 Å². The molecule has 1 N–H and O–H groups in total. The number of hydrogen-bond donors (Lipinski definition) is 1. The molecule has 4 heteroatoms. The van der Waals surface area contributed by atoms with Crippen molar-refractivity contribution < 1.29 is 0 Å². The molecule has 1 aromatic carbocycles. The molecule has 0 saturated heterocycles. The van der Waals surface area contributed by atoms with Crippen LogP contribution in [-0.4, -0.2) is 22.6 Å². The smallest absolute Gasteiger partial charge is 0.169 e. The van der Waals surface area contributed by atoms with Gasteiger partial charge in [0.2, 0.25) is 0 Å².